The maximum atomic E-state index is 12.9. The highest BCUT2D eigenvalue weighted by Crippen LogP contribution is 2.30. The Kier molecular flexibility index (Phi) is 4.44. The van der Waals surface area contributed by atoms with E-state index in [0.29, 0.717) is 18.5 Å². The van der Waals surface area contributed by atoms with Crippen molar-refractivity contribution in [2.24, 2.45) is 11.8 Å². The average molecular weight is 382 g/mol. The first-order valence-corrected chi connectivity index (χ1v) is 10.3. The van der Waals surface area contributed by atoms with Crippen LogP contribution >= 0.6 is 0 Å². The number of carbonyl (C=O) groups is 3. The van der Waals surface area contributed by atoms with E-state index in [0.717, 1.165) is 42.6 Å². The molecular weight excluding hydrogens is 356 g/mol. The van der Waals surface area contributed by atoms with Crippen LogP contribution in [0.1, 0.15) is 40.7 Å². The third-order valence-electron chi connectivity index (χ3n) is 6.56. The van der Waals surface area contributed by atoms with E-state index in [2.05, 4.69) is 21.6 Å². The minimum absolute atomic E-state index is 0.0923. The Bertz CT molecular complexity index is 829. The van der Waals surface area contributed by atoms with Crippen molar-refractivity contribution in [3.05, 3.63) is 34.9 Å². The number of nitrogens with one attached hydrogen (secondary N) is 2. The Balaban J connectivity index is 1.20. The van der Waals surface area contributed by atoms with Crippen molar-refractivity contribution in [2.45, 2.75) is 38.4 Å². The first-order valence-electron chi connectivity index (χ1n) is 10.3. The maximum absolute atomic E-state index is 12.9. The third kappa shape index (κ3) is 3.22. The van der Waals surface area contributed by atoms with Crippen LogP contribution in [0.5, 0.6) is 0 Å². The van der Waals surface area contributed by atoms with Crippen LogP contribution in [0.25, 0.3) is 0 Å². The normalized spacial score (nSPS) is 26.1. The monoisotopic (exact) mass is 382 g/mol. The summed E-state index contributed by atoms with van der Waals surface area (Å²) in [6.07, 6.45) is 2.02. The highest BCUT2D eigenvalue weighted by atomic mass is 16.2. The summed E-state index contributed by atoms with van der Waals surface area (Å²) >= 11 is 0. The molecule has 0 spiro atoms. The van der Waals surface area contributed by atoms with Crippen molar-refractivity contribution < 1.29 is 14.4 Å². The van der Waals surface area contributed by atoms with E-state index < -0.39 is 6.04 Å². The molecular formula is C21H26N4O3. The Morgan fingerprint density at radius 2 is 1.89 bits per heavy atom. The largest absolute Gasteiger partial charge is 0.322 e. The molecule has 7 heteroatoms. The lowest BCUT2D eigenvalue weighted by atomic mass is 9.85. The molecule has 0 aliphatic carbocycles. The number of carbonyl (C=O) groups excluding carboxylic acids is 3. The number of amides is 3. The van der Waals surface area contributed by atoms with Gasteiger partial charge in [-0.15, -0.1) is 0 Å². The van der Waals surface area contributed by atoms with Gasteiger partial charge in [0.1, 0.15) is 6.04 Å². The first kappa shape index (κ1) is 17.8. The number of piperidine rings is 1. The van der Waals surface area contributed by atoms with Crippen molar-refractivity contribution in [3.8, 4) is 0 Å². The van der Waals surface area contributed by atoms with Gasteiger partial charge in [0.2, 0.25) is 11.8 Å². The summed E-state index contributed by atoms with van der Waals surface area (Å²) in [5.41, 5.74) is 2.83. The number of nitrogens with zero attached hydrogens (tertiary/aromatic N) is 2. The fourth-order valence-corrected chi connectivity index (χ4v) is 4.90. The number of fused-ring (bicyclic) bond motifs is 1. The Morgan fingerprint density at radius 3 is 2.61 bits per heavy atom. The molecule has 148 valence electrons. The number of hydrogen-bond donors (Lipinski definition) is 2. The SMILES string of the molecule is O=C1CCC(N2Cc3ccc(CN4CC(CC5CNC5)C4)cc3C2=O)C(=O)N1. The Morgan fingerprint density at radius 1 is 1.07 bits per heavy atom. The van der Waals surface area contributed by atoms with E-state index in [1.165, 1.54) is 19.5 Å². The van der Waals surface area contributed by atoms with Gasteiger partial charge in [0.25, 0.3) is 5.91 Å². The summed E-state index contributed by atoms with van der Waals surface area (Å²) in [6, 6.07) is 5.57. The Labute approximate surface area is 164 Å². The topological polar surface area (TPSA) is 81.8 Å². The van der Waals surface area contributed by atoms with Crippen LogP contribution in [-0.2, 0) is 22.7 Å². The fraction of sp³-hybridized carbons (Fsp3) is 0.571. The van der Waals surface area contributed by atoms with Crippen molar-refractivity contribution in [1.82, 2.24) is 20.4 Å². The second kappa shape index (κ2) is 6.97. The molecule has 3 fully saturated rings. The number of rotatable bonds is 5. The van der Waals surface area contributed by atoms with Gasteiger partial charge >= 0.3 is 0 Å². The van der Waals surface area contributed by atoms with E-state index in [1.54, 1.807) is 4.90 Å². The van der Waals surface area contributed by atoms with Crippen LogP contribution in [0.15, 0.2) is 18.2 Å². The van der Waals surface area contributed by atoms with Gasteiger partial charge in [-0.3, -0.25) is 24.6 Å². The van der Waals surface area contributed by atoms with E-state index in [1.807, 2.05) is 12.1 Å². The molecule has 0 radical (unpaired) electrons. The van der Waals surface area contributed by atoms with Gasteiger partial charge in [0.05, 0.1) is 0 Å². The lowest BCUT2D eigenvalue weighted by molar-refractivity contribution is -0.136. The van der Waals surface area contributed by atoms with E-state index >= 15 is 0 Å². The predicted molar refractivity (Wildman–Crippen MR) is 102 cm³/mol. The minimum atomic E-state index is -0.543. The van der Waals surface area contributed by atoms with Gasteiger partial charge in [-0.2, -0.15) is 0 Å². The number of imide groups is 1. The van der Waals surface area contributed by atoms with Crippen molar-refractivity contribution >= 4 is 17.7 Å². The summed E-state index contributed by atoms with van der Waals surface area (Å²) in [4.78, 5) is 40.5. The van der Waals surface area contributed by atoms with Crippen LogP contribution in [0.3, 0.4) is 0 Å². The standard InChI is InChI=1S/C21H26N4O3/c26-19-4-3-18(20(27)23-19)25-12-16-2-1-13(6-17(16)21(25)28)9-24-10-15(11-24)5-14-7-22-8-14/h1-2,6,14-15,18,22H,3-5,7-12H2,(H,23,26,27). The molecule has 1 unspecified atom stereocenters. The predicted octanol–water partition coefficient (Wildman–Crippen LogP) is 0.489. The van der Waals surface area contributed by atoms with Gasteiger partial charge in [-0.05, 0) is 55.0 Å². The second-order valence-electron chi connectivity index (χ2n) is 8.71. The molecule has 4 aliphatic heterocycles. The molecule has 0 bridgehead atoms. The molecule has 3 amide bonds. The lowest BCUT2D eigenvalue weighted by Crippen LogP contribution is -2.52. The second-order valence-corrected chi connectivity index (χ2v) is 8.71. The molecule has 1 aromatic carbocycles. The molecule has 2 N–H and O–H groups in total. The zero-order valence-electron chi connectivity index (χ0n) is 15.9. The maximum Gasteiger partial charge on any atom is 0.255 e. The molecule has 28 heavy (non-hydrogen) atoms. The van der Waals surface area contributed by atoms with Crippen molar-refractivity contribution in [2.75, 3.05) is 26.2 Å². The summed E-state index contributed by atoms with van der Waals surface area (Å²) in [6.45, 7) is 5.95. The zero-order valence-corrected chi connectivity index (χ0v) is 15.9. The van der Waals surface area contributed by atoms with Crippen LogP contribution in [-0.4, -0.2) is 59.7 Å². The molecule has 0 aromatic heterocycles. The molecule has 1 atom stereocenters. The molecule has 1 aromatic rings. The Hall–Kier alpha value is -2.25. The quantitative estimate of drug-likeness (QED) is 0.725. The highest BCUT2D eigenvalue weighted by molar-refractivity contribution is 6.05. The van der Waals surface area contributed by atoms with Crippen molar-refractivity contribution in [3.63, 3.8) is 0 Å². The number of likely N-dealkylation sites (tertiary alicyclic amines) is 1. The molecule has 7 nitrogen and oxygen atoms in total. The van der Waals surface area contributed by atoms with Crippen LogP contribution < -0.4 is 10.6 Å². The van der Waals surface area contributed by atoms with Gasteiger partial charge in [-0.1, -0.05) is 12.1 Å². The number of hydrogen-bond acceptors (Lipinski definition) is 5. The fourth-order valence-electron chi connectivity index (χ4n) is 4.90. The summed E-state index contributed by atoms with van der Waals surface area (Å²) < 4.78 is 0. The molecule has 3 saturated heterocycles. The van der Waals surface area contributed by atoms with Crippen LogP contribution in [0, 0.1) is 11.8 Å². The smallest absolute Gasteiger partial charge is 0.255 e. The number of benzene rings is 1. The highest BCUT2D eigenvalue weighted by Gasteiger charge is 2.39. The molecule has 4 aliphatic rings. The average Bonchev–Trinajstić information content (AvgIpc) is 2.91. The summed E-state index contributed by atoms with van der Waals surface area (Å²) in [5, 5.41) is 5.68. The summed E-state index contributed by atoms with van der Waals surface area (Å²) in [7, 11) is 0. The van der Waals surface area contributed by atoms with E-state index in [-0.39, 0.29) is 24.1 Å². The van der Waals surface area contributed by atoms with Crippen LogP contribution in [0.4, 0.5) is 0 Å². The zero-order chi connectivity index (χ0) is 19.3. The van der Waals surface area contributed by atoms with Gasteiger partial charge in [0, 0.05) is 38.2 Å². The van der Waals surface area contributed by atoms with E-state index in [4.69, 9.17) is 0 Å². The molecule has 5 rings (SSSR count). The van der Waals surface area contributed by atoms with Crippen molar-refractivity contribution in [1.29, 1.82) is 0 Å². The lowest BCUT2D eigenvalue weighted by Gasteiger charge is -2.42. The molecule has 4 heterocycles. The van der Waals surface area contributed by atoms with E-state index in [9.17, 15) is 14.4 Å². The first-order chi connectivity index (χ1) is 13.6. The van der Waals surface area contributed by atoms with Gasteiger partial charge in [0.15, 0.2) is 0 Å². The van der Waals surface area contributed by atoms with Gasteiger partial charge < -0.3 is 10.2 Å². The summed E-state index contributed by atoms with van der Waals surface area (Å²) in [5.74, 6) is 0.972. The third-order valence-corrected chi connectivity index (χ3v) is 6.56. The van der Waals surface area contributed by atoms with Gasteiger partial charge in [-0.25, -0.2) is 0 Å². The van der Waals surface area contributed by atoms with Crippen LogP contribution in [0.2, 0.25) is 0 Å². The molecule has 0 saturated carbocycles. The minimum Gasteiger partial charge on any atom is -0.322 e.